The second-order valence-electron chi connectivity index (χ2n) is 4.69. The summed E-state index contributed by atoms with van der Waals surface area (Å²) in [6, 6.07) is 12.8. The molecule has 0 heterocycles. The summed E-state index contributed by atoms with van der Waals surface area (Å²) < 4.78 is 6.45. The number of aryl methyl sites for hydroxylation is 1. The van der Waals surface area contributed by atoms with Crippen molar-refractivity contribution in [3.8, 4) is 5.75 Å². The van der Waals surface area contributed by atoms with Gasteiger partial charge >= 0.3 is 0 Å². The predicted octanol–water partition coefficient (Wildman–Crippen LogP) is 4.82. The molecule has 1 N–H and O–H groups in total. The molecule has 1 amide bonds. The lowest BCUT2D eigenvalue weighted by molar-refractivity contribution is -0.122. The smallest absolute Gasteiger partial charge is 0.265 e. The van der Waals surface area contributed by atoms with E-state index >= 15 is 0 Å². The van der Waals surface area contributed by atoms with Gasteiger partial charge in [0.05, 0.1) is 5.02 Å². The van der Waals surface area contributed by atoms with Gasteiger partial charge in [0.25, 0.3) is 5.91 Å². The zero-order valence-corrected chi connectivity index (χ0v) is 14.0. The van der Waals surface area contributed by atoms with E-state index in [2.05, 4.69) is 21.2 Å². The van der Waals surface area contributed by atoms with Crippen molar-refractivity contribution in [2.45, 2.75) is 20.0 Å². The van der Waals surface area contributed by atoms with E-state index in [0.29, 0.717) is 10.8 Å². The minimum atomic E-state index is -0.648. The number of carbonyl (C=O) groups excluding carboxylic acids is 1. The number of rotatable bonds is 4. The zero-order valence-electron chi connectivity index (χ0n) is 11.7. The molecule has 2 rings (SSSR count). The molecule has 110 valence electrons. The van der Waals surface area contributed by atoms with Gasteiger partial charge in [0.2, 0.25) is 0 Å². The van der Waals surface area contributed by atoms with E-state index in [4.69, 9.17) is 16.3 Å². The molecule has 5 heteroatoms. The highest BCUT2D eigenvalue weighted by atomic mass is 79.9. The van der Waals surface area contributed by atoms with Crippen molar-refractivity contribution in [1.29, 1.82) is 0 Å². The summed E-state index contributed by atoms with van der Waals surface area (Å²) in [6.07, 6.45) is -0.648. The van der Waals surface area contributed by atoms with Crippen LogP contribution in [0.5, 0.6) is 5.75 Å². The number of halogens is 2. The monoisotopic (exact) mass is 367 g/mol. The number of carbonyl (C=O) groups is 1. The standard InChI is InChI=1S/C16H15BrClNO2/c1-10-3-6-13(7-4-10)19-16(20)11(2)21-15-8-5-12(17)9-14(15)18/h3-9,11H,1-2H3,(H,19,20)/t11-/m0/s1. The molecule has 1 atom stereocenters. The van der Waals surface area contributed by atoms with Gasteiger partial charge in [0.15, 0.2) is 6.10 Å². The third-order valence-electron chi connectivity index (χ3n) is 2.89. The molecule has 0 saturated heterocycles. The Hall–Kier alpha value is -1.52. The van der Waals surface area contributed by atoms with Crippen molar-refractivity contribution >= 4 is 39.1 Å². The van der Waals surface area contributed by atoms with Crippen LogP contribution in [-0.4, -0.2) is 12.0 Å². The van der Waals surface area contributed by atoms with E-state index in [9.17, 15) is 4.79 Å². The second kappa shape index (κ2) is 6.96. The first-order valence-electron chi connectivity index (χ1n) is 6.45. The molecule has 2 aromatic rings. The van der Waals surface area contributed by atoms with Crippen molar-refractivity contribution in [2.24, 2.45) is 0 Å². The number of anilines is 1. The third kappa shape index (κ3) is 4.48. The van der Waals surface area contributed by atoms with Crippen LogP contribution in [0.3, 0.4) is 0 Å². The van der Waals surface area contributed by atoms with Gasteiger partial charge in [0, 0.05) is 10.2 Å². The largest absolute Gasteiger partial charge is 0.479 e. The lowest BCUT2D eigenvalue weighted by atomic mass is 10.2. The third-order valence-corrected chi connectivity index (χ3v) is 3.67. The topological polar surface area (TPSA) is 38.3 Å². The Kier molecular flexibility index (Phi) is 5.26. The molecular formula is C16H15BrClNO2. The number of amides is 1. The summed E-state index contributed by atoms with van der Waals surface area (Å²) in [5.41, 5.74) is 1.88. The van der Waals surface area contributed by atoms with Crippen LogP contribution in [0, 0.1) is 6.92 Å². The van der Waals surface area contributed by atoms with Crippen molar-refractivity contribution in [1.82, 2.24) is 0 Å². The highest BCUT2D eigenvalue weighted by Crippen LogP contribution is 2.28. The summed E-state index contributed by atoms with van der Waals surface area (Å²) >= 11 is 9.39. The Morgan fingerprint density at radius 2 is 1.90 bits per heavy atom. The predicted molar refractivity (Wildman–Crippen MR) is 89.1 cm³/mol. The molecule has 0 aliphatic heterocycles. The summed E-state index contributed by atoms with van der Waals surface area (Å²) in [7, 11) is 0. The van der Waals surface area contributed by atoms with E-state index in [0.717, 1.165) is 15.7 Å². The lowest BCUT2D eigenvalue weighted by Crippen LogP contribution is -2.30. The summed E-state index contributed by atoms with van der Waals surface area (Å²) in [6.45, 7) is 3.68. The van der Waals surface area contributed by atoms with Crippen LogP contribution in [0.2, 0.25) is 5.02 Å². The molecule has 0 aromatic heterocycles. The molecule has 0 saturated carbocycles. The van der Waals surface area contributed by atoms with Crippen LogP contribution >= 0.6 is 27.5 Å². The first-order valence-corrected chi connectivity index (χ1v) is 7.62. The Morgan fingerprint density at radius 1 is 1.24 bits per heavy atom. The van der Waals surface area contributed by atoms with E-state index in [1.54, 1.807) is 19.1 Å². The Morgan fingerprint density at radius 3 is 2.52 bits per heavy atom. The van der Waals surface area contributed by atoms with Gasteiger partial charge in [-0.05, 0) is 44.2 Å². The van der Waals surface area contributed by atoms with Gasteiger partial charge in [0.1, 0.15) is 5.75 Å². The zero-order chi connectivity index (χ0) is 15.4. The lowest BCUT2D eigenvalue weighted by Gasteiger charge is -2.16. The Balaban J connectivity index is 2.00. The maximum absolute atomic E-state index is 12.1. The first kappa shape index (κ1) is 15.9. The van der Waals surface area contributed by atoms with Crippen LogP contribution < -0.4 is 10.1 Å². The molecule has 0 aliphatic carbocycles. The summed E-state index contributed by atoms with van der Waals surface area (Å²) in [5.74, 6) is 0.254. The first-order chi connectivity index (χ1) is 9.95. The van der Waals surface area contributed by atoms with Crippen LogP contribution in [0.25, 0.3) is 0 Å². The molecule has 0 fully saturated rings. The molecule has 0 unspecified atom stereocenters. The number of nitrogens with one attached hydrogen (secondary N) is 1. The highest BCUT2D eigenvalue weighted by Gasteiger charge is 2.16. The molecule has 0 aliphatic rings. The van der Waals surface area contributed by atoms with E-state index in [1.807, 2.05) is 37.3 Å². The van der Waals surface area contributed by atoms with Gasteiger partial charge in [-0.1, -0.05) is 45.2 Å². The van der Waals surface area contributed by atoms with E-state index in [-0.39, 0.29) is 5.91 Å². The highest BCUT2D eigenvalue weighted by molar-refractivity contribution is 9.10. The van der Waals surface area contributed by atoms with E-state index < -0.39 is 6.10 Å². The number of hydrogen-bond acceptors (Lipinski definition) is 2. The van der Waals surface area contributed by atoms with Gasteiger partial charge in [-0.3, -0.25) is 4.79 Å². The second-order valence-corrected chi connectivity index (χ2v) is 6.01. The van der Waals surface area contributed by atoms with Crippen molar-refractivity contribution in [2.75, 3.05) is 5.32 Å². The van der Waals surface area contributed by atoms with Gasteiger partial charge in [-0.15, -0.1) is 0 Å². The summed E-state index contributed by atoms with van der Waals surface area (Å²) in [4.78, 5) is 12.1. The van der Waals surface area contributed by atoms with Gasteiger partial charge in [-0.25, -0.2) is 0 Å². The van der Waals surface area contributed by atoms with Crippen LogP contribution in [-0.2, 0) is 4.79 Å². The molecule has 0 radical (unpaired) electrons. The average Bonchev–Trinajstić information content (AvgIpc) is 2.44. The maximum atomic E-state index is 12.1. The fourth-order valence-electron chi connectivity index (χ4n) is 1.70. The molecular weight excluding hydrogens is 354 g/mol. The van der Waals surface area contributed by atoms with Gasteiger partial charge in [-0.2, -0.15) is 0 Å². The minimum Gasteiger partial charge on any atom is -0.479 e. The number of benzene rings is 2. The molecule has 2 aromatic carbocycles. The Bertz CT molecular complexity index is 643. The number of ether oxygens (including phenoxy) is 1. The van der Waals surface area contributed by atoms with Crippen LogP contribution in [0.4, 0.5) is 5.69 Å². The molecule has 0 bridgehead atoms. The fraction of sp³-hybridized carbons (Fsp3) is 0.188. The molecule has 21 heavy (non-hydrogen) atoms. The van der Waals surface area contributed by atoms with Crippen LogP contribution in [0.15, 0.2) is 46.9 Å². The molecule has 3 nitrogen and oxygen atoms in total. The van der Waals surface area contributed by atoms with Crippen molar-refractivity contribution in [3.63, 3.8) is 0 Å². The normalized spacial score (nSPS) is 11.8. The fourth-order valence-corrected chi connectivity index (χ4v) is 2.41. The Labute approximate surface area is 137 Å². The van der Waals surface area contributed by atoms with Crippen LogP contribution in [0.1, 0.15) is 12.5 Å². The number of hydrogen-bond donors (Lipinski definition) is 1. The summed E-state index contributed by atoms with van der Waals surface area (Å²) in [5, 5.41) is 3.26. The van der Waals surface area contributed by atoms with Gasteiger partial charge < -0.3 is 10.1 Å². The van der Waals surface area contributed by atoms with Crippen molar-refractivity contribution < 1.29 is 9.53 Å². The SMILES string of the molecule is Cc1ccc(NC(=O)[C@H](C)Oc2ccc(Br)cc2Cl)cc1. The molecule has 0 spiro atoms. The van der Waals surface area contributed by atoms with Crippen molar-refractivity contribution in [3.05, 3.63) is 57.5 Å². The minimum absolute atomic E-state index is 0.224. The average molecular weight is 369 g/mol. The van der Waals surface area contributed by atoms with E-state index in [1.165, 1.54) is 0 Å². The quantitative estimate of drug-likeness (QED) is 0.840. The maximum Gasteiger partial charge on any atom is 0.265 e.